The topological polar surface area (TPSA) is 46.3 Å². The van der Waals surface area contributed by atoms with Crippen LogP contribution in [0.4, 0.5) is 5.69 Å². The quantitative estimate of drug-likeness (QED) is 0.838. The van der Waals surface area contributed by atoms with Crippen molar-refractivity contribution in [1.82, 2.24) is 4.90 Å². The monoisotopic (exact) mass is 282 g/mol. The molecule has 0 aliphatic carbocycles. The van der Waals surface area contributed by atoms with Crippen LogP contribution in [0, 0.1) is 11.8 Å². The second-order valence-corrected chi connectivity index (χ2v) is 6.14. The summed E-state index contributed by atoms with van der Waals surface area (Å²) in [6, 6.07) is 5.04. The molecule has 0 unspecified atom stereocenters. The number of nitrogens with zero attached hydrogens (tertiary/aromatic N) is 1. The lowest BCUT2D eigenvalue weighted by Crippen LogP contribution is -2.37. The molecule has 0 spiro atoms. The minimum Gasteiger partial charge on any atom is -0.399 e. The lowest BCUT2D eigenvalue weighted by atomic mass is 10.1. The molecule has 0 bridgehead atoms. The van der Waals surface area contributed by atoms with Gasteiger partial charge in [0.05, 0.1) is 10.6 Å². The fourth-order valence-corrected chi connectivity index (χ4v) is 2.27. The Hall–Kier alpha value is -1.22. The molecule has 1 aromatic rings. The summed E-state index contributed by atoms with van der Waals surface area (Å²) in [5.41, 5.74) is 6.75. The van der Waals surface area contributed by atoms with Crippen LogP contribution in [0.3, 0.4) is 0 Å². The van der Waals surface area contributed by atoms with Crippen LogP contribution in [0.15, 0.2) is 18.2 Å². The first-order valence-electron chi connectivity index (χ1n) is 6.65. The normalized spacial score (nSPS) is 11.1. The predicted octanol–water partition coefficient (Wildman–Crippen LogP) is 3.68. The highest BCUT2D eigenvalue weighted by molar-refractivity contribution is 6.34. The molecule has 4 heteroatoms. The van der Waals surface area contributed by atoms with Gasteiger partial charge in [-0.1, -0.05) is 39.3 Å². The van der Waals surface area contributed by atoms with Crippen LogP contribution >= 0.6 is 11.6 Å². The Morgan fingerprint density at radius 3 is 2.16 bits per heavy atom. The molecule has 0 saturated carbocycles. The van der Waals surface area contributed by atoms with Gasteiger partial charge in [-0.3, -0.25) is 4.79 Å². The average molecular weight is 283 g/mol. The van der Waals surface area contributed by atoms with Crippen LogP contribution in [-0.2, 0) is 0 Å². The molecule has 0 aliphatic heterocycles. The minimum absolute atomic E-state index is 0.0209. The molecule has 0 atom stereocenters. The summed E-state index contributed by atoms with van der Waals surface area (Å²) in [6.07, 6.45) is 0. The summed E-state index contributed by atoms with van der Waals surface area (Å²) >= 11 is 6.11. The number of halogens is 1. The minimum atomic E-state index is -0.0209. The first kappa shape index (κ1) is 15.8. The van der Waals surface area contributed by atoms with Crippen molar-refractivity contribution in [2.45, 2.75) is 27.7 Å². The van der Waals surface area contributed by atoms with Crippen LogP contribution in [0.25, 0.3) is 0 Å². The zero-order chi connectivity index (χ0) is 14.6. The smallest absolute Gasteiger partial charge is 0.255 e. The van der Waals surface area contributed by atoms with Gasteiger partial charge >= 0.3 is 0 Å². The molecule has 0 aromatic heterocycles. The van der Waals surface area contributed by atoms with E-state index in [9.17, 15) is 4.79 Å². The van der Waals surface area contributed by atoms with Gasteiger partial charge in [0.15, 0.2) is 0 Å². The number of hydrogen-bond donors (Lipinski definition) is 1. The molecule has 0 radical (unpaired) electrons. The summed E-state index contributed by atoms with van der Waals surface area (Å²) in [5.74, 6) is 0.831. The van der Waals surface area contributed by atoms with E-state index in [0.29, 0.717) is 28.1 Å². The zero-order valence-electron chi connectivity index (χ0n) is 12.1. The van der Waals surface area contributed by atoms with Crippen molar-refractivity contribution >= 4 is 23.2 Å². The third kappa shape index (κ3) is 4.75. The van der Waals surface area contributed by atoms with Gasteiger partial charge in [-0.05, 0) is 30.0 Å². The van der Waals surface area contributed by atoms with E-state index in [2.05, 4.69) is 27.7 Å². The molecule has 1 aromatic carbocycles. The van der Waals surface area contributed by atoms with Gasteiger partial charge in [0.2, 0.25) is 0 Å². The summed E-state index contributed by atoms with van der Waals surface area (Å²) in [7, 11) is 0. The van der Waals surface area contributed by atoms with Crippen molar-refractivity contribution in [2.24, 2.45) is 11.8 Å². The number of carbonyl (C=O) groups is 1. The van der Waals surface area contributed by atoms with Gasteiger partial charge in [0.1, 0.15) is 0 Å². The molecule has 0 heterocycles. The highest BCUT2D eigenvalue weighted by atomic mass is 35.5. The second kappa shape index (κ2) is 6.80. The predicted molar refractivity (Wildman–Crippen MR) is 81.4 cm³/mol. The number of nitrogens with two attached hydrogens (primary N) is 1. The number of amides is 1. The maximum atomic E-state index is 12.5. The Kier molecular flexibility index (Phi) is 5.67. The van der Waals surface area contributed by atoms with Gasteiger partial charge in [-0.25, -0.2) is 0 Å². The fourth-order valence-electron chi connectivity index (χ4n) is 2.00. The van der Waals surface area contributed by atoms with Crippen LogP contribution in [0.2, 0.25) is 5.02 Å². The van der Waals surface area contributed by atoms with E-state index in [0.717, 1.165) is 13.1 Å². The number of hydrogen-bond acceptors (Lipinski definition) is 2. The molecule has 3 nitrogen and oxygen atoms in total. The summed E-state index contributed by atoms with van der Waals surface area (Å²) in [6.45, 7) is 9.88. The Balaban J connectivity index is 2.97. The highest BCUT2D eigenvalue weighted by Crippen LogP contribution is 2.21. The van der Waals surface area contributed by atoms with Gasteiger partial charge in [-0.2, -0.15) is 0 Å². The van der Waals surface area contributed by atoms with E-state index >= 15 is 0 Å². The van der Waals surface area contributed by atoms with Crippen molar-refractivity contribution in [1.29, 1.82) is 0 Å². The van der Waals surface area contributed by atoms with E-state index in [4.69, 9.17) is 17.3 Å². The third-order valence-corrected chi connectivity index (χ3v) is 2.99. The Labute approximate surface area is 120 Å². The Morgan fingerprint density at radius 1 is 1.21 bits per heavy atom. The van der Waals surface area contributed by atoms with Crippen molar-refractivity contribution in [3.63, 3.8) is 0 Å². The first-order chi connectivity index (χ1) is 8.81. The van der Waals surface area contributed by atoms with Crippen molar-refractivity contribution in [3.05, 3.63) is 28.8 Å². The molecular formula is C15H23ClN2O. The molecule has 2 N–H and O–H groups in total. The molecule has 1 rings (SSSR count). The summed E-state index contributed by atoms with van der Waals surface area (Å²) < 4.78 is 0. The first-order valence-corrected chi connectivity index (χ1v) is 7.03. The van der Waals surface area contributed by atoms with Crippen LogP contribution in [-0.4, -0.2) is 23.9 Å². The number of carbonyl (C=O) groups excluding carboxylic acids is 1. The number of benzene rings is 1. The van der Waals surface area contributed by atoms with Crippen LogP contribution in [0.5, 0.6) is 0 Å². The largest absolute Gasteiger partial charge is 0.399 e. The fraction of sp³-hybridized carbons (Fsp3) is 0.533. The SMILES string of the molecule is CC(C)CN(CC(C)C)C(=O)c1ccc(N)cc1Cl. The van der Waals surface area contributed by atoms with E-state index in [1.54, 1.807) is 18.2 Å². The molecule has 106 valence electrons. The van der Waals surface area contributed by atoms with Crippen molar-refractivity contribution in [3.8, 4) is 0 Å². The maximum absolute atomic E-state index is 12.5. The average Bonchev–Trinajstić information content (AvgIpc) is 2.26. The molecule has 19 heavy (non-hydrogen) atoms. The highest BCUT2D eigenvalue weighted by Gasteiger charge is 2.20. The second-order valence-electron chi connectivity index (χ2n) is 5.74. The number of nitrogen functional groups attached to an aromatic ring is 1. The lowest BCUT2D eigenvalue weighted by molar-refractivity contribution is 0.0715. The maximum Gasteiger partial charge on any atom is 0.255 e. The van der Waals surface area contributed by atoms with E-state index < -0.39 is 0 Å². The number of anilines is 1. The van der Waals surface area contributed by atoms with Crippen LogP contribution in [0.1, 0.15) is 38.1 Å². The van der Waals surface area contributed by atoms with Crippen LogP contribution < -0.4 is 5.73 Å². The van der Waals surface area contributed by atoms with Gasteiger partial charge in [0, 0.05) is 18.8 Å². The lowest BCUT2D eigenvalue weighted by Gasteiger charge is -2.26. The Morgan fingerprint density at radius 2 is 1.74 bits per heavy atom. The van der Waals surface area contributed by atoms with E-state index in [-0.39, 0.29) is 5.91 Å². The molecular weight excluding hydrogens is 260 g/mol. The zero-order valence-corrected chi connectivity index (χ0v) is 12.9. The van der Waals surface area contributed by atoms with Gasteiger partial charge in [-0.15, -0.1) is 0 Å². The number of rotatable bonds is 5. The molecule has 1 amide bonds. The molecule has 0 aliphatic rings. The van der Waals surface area contributed by atoms with Gasteiger partial charge < -0.3 is 10.6 Å². The van der Waals surface area contributed by atoms with Crippen molar-refractivity contribution < 1.29 is 4.79 Å². The molecule has 0 fully saturated rings. The standard InChI is InChI=1S/C15H23ClN2O/c1-10(2)8-18(9-11(3)4)15(19)13-6-5-12(17)7-14(13)16/h5-7,10-11H,8-9,17H2,1-4H3. The van der Waals surface area contributed by atoms with Gasteiger partial charge in [0.25, 0.3) is 5.91 Å². The molecule has 0 saturated heterocycles. The van der Waals surface area contributed by atoms with Crippen molar-refractivity contribution in [2.75, 3.05) is 18.8 Å². The summed E-state index contributed by atoms with van der Waals surface area (Å²) in [4.78, 5) is 14.4. The van der Waals surface area contributed by atoms with E-state index in [1.165, 1.54) is 0 Å². The Bertz CT molecular complexity index is 434. The van der Waals surface area contributed by atoms with E-state index in [1.807, 2.05) is 4.90 Å². The summed E-state index contributed by atoms with van der Waals surface area (Å²) in [5, 5.41) is 0.419. The third-order valence-electron chi connectivity index (χ3n) is 2.68.